The summed E-state index contributed by atoms with van der Waals surface area (Å²) in [6, 6.07) is 8.99. The van der Waals surface area contributed by atoms with Gasteiger partial charge in [0, 0.05) is 42.5 Å². The highest BCUT2D eigenvalue weighted by Crippen LogP contribution is 2.18. The van der Waals surface area contributed by atoms with Crippen LogP contribution in [0.15, 0.2) is 30.5 Å². The molecule has 126 valence electrons. The van der Waals surface area contributed by atoms with E-state index in [1.165, 1.54) is 22.7 Å². The Bertz CT molecular complexity index is 746. The van der Waals surface area contributed by atoms with E-state index in [4.69, 9.17) is 0 Å². The molecule has 0 amide bonds. The van der Waals surface area contributed by atoms with E-state index >= 15 is 0 Å². The van der Waals surface area contributed by atoms with Crippen LogP contribution >= 0.6 is 0 Å². The van der Waals surface area contributed by atoms with Crippen molar-refractivity contribution in [3.8, 4) is 0 Å². The number of sulfone groups is 1. The summed E-state index contributed by atoms with van der Waals surface area (Å²) in [6.45, 7) is 3.49. The van der Waals surface area contributed by atoms with Gasteiger partial charge < -0.3 is 15.2 Å². The summed E-state index contributed by atoms with van der Waals surface area (Å²) < 4.78 is 22.5. The molecule has 23 heavy (non-hydrogen) atoms. The number of rotatable bonds is 6. The number of hydrogen-bond donors (Lipinski definition) is 2. The summed E-state index contributed by atoms with van der Waals surface area (Å²) in [7, 11) is -2.86. The molecule has 1 aliphatic rings. The second-order valence-electron chi connectivity index (χ2n) is 6.48. The van der Waals surface area contributed by atoms with E-state index < -0.39 is 9.84 Å². The van der Waals surface area contributed by atoms with Crippen molar-refractivity contribution in [3.05, 3.63) is 36.0 Å². The number of aromatic nitrogens is 1. The van der Waals surface area contributed by atoms with Gasteiger partial charge in [-0.15, -0.1) is 0 Å². The van der Waals surface area contributed by atoms with E-state index in [2.05, 4.69) is 39.5 Å². The Labute approximate surface area is 138 Å². The predicted octanol–water partition coefficient (Wildman–Crippen LogP) is 1.77. The number of likely N-dealkylation sites (tertiary alicyclic amines) is 1. The molecule has 0 saturated carbocycles. The van der Waals surface area contributed by atoms with Gasteiger partial charge in [-0.05, 0) is 43.6 Å². The summed E-state index contributed by atoms with van der Waals surface area (Å²) in [6.07, 6.45) is 5.44. The van der Waals surface area contributed by atoms with Crippen molar-refractivity contribution in [1.82, 2.24) is 15.2 Å². The molecule has 0 radical (unpaired) electrons. The van der Waals surface area contributed by atoms with Gasteiger partial charge in [0.15, 0.2) is 0 Å². The number of H-pyrrole nitrogens is 1. The van der Waals surface area contributed by atoms with Crippen LogP contribution in [-0.2, 0) is 16.4 Å². The standard InChI is InChI=1S/C17H25N3O2S/c1-23(21,22)12-11-20-9-6-15(7-10-20)19-13-14-3-2-4-17-16(14)5-8-18-17/h2-5,8,15,18-19H,6-7,9-13H2,1H3. The Morgan fingerprint density at radius 3 is 2.78 bits per heavy atom. The third-order valence-corrected chi connectivity index (χ3v) is 5.56. The zero-order valence-corrected chi connectivity index (χ0v) is 14.4. The van der Waals surface area contributed by atoms with E-state index in [0.29, 0.717) is 12.6 Å². The topological polar surface area (TPSA) is 65.2 Å². The van der Waals surface area contributed by atoms with E-state index in [-0.39, 0.29) is 5.75 Å². The average Bonchev–Trinajstić information content (AvgIpc) is 3.00. The summed E-state index contributed by atoms with van der Waals surface area (Å²) in [4.78, 5) is 5.50. The molecule has 5 nitrogen and oxygen atoms in total. The lowest BCUT2D eigenvalue weighted by atomic mass is 10.0. The molecule has 0 atom stereocenters. The average molecular weight is 335 g/mol. The molecule has 1 aromatic heterocycles. The second kappa shape index (κ2) is 7.03. The minimum absolute atomic E-state index is 0.264. The second-order valence-corrected chi connectivity index (χ2v) is 8.74. The van der Waals surface area contributed by atoms with Crippen LogP contribution in [0.4, 0.5) is 0 Å². The number of benzene rings is 1. The predicted molar refractivity (Wildman–Crippen MR) is 94.3 cm³/mol. The SMILES string of the molecule is CS(=O)(=O)CCN1CCC(NCc2cccc3[nH]ccc23)CC1. The maximum absolute atomic E-state index is 11.2. The molecule has 0 spiro atoms. The first-order valence-corrected chi connectivity index (χ1v) is 10.3. The third kappa shape index (κ3) is 4.56. The van der Waals surface area contributed by atoms with Crippen LogP contribution < -0.4 is 5.32 Å². The molecule has 0 unspecified atom stereocenters. The molecule has 2 heterocycles. The van der Waals surface area contributed by atoms with Crippen molar-refractivity contribution in [2.24, 2.45) is 0 Å². The summed E-state index contributed by atoms with van der Waals surface area (Å²) >= 11 is 0. The van der Waals surface area contributed by atoms with E-state index in [0.717, 1.165) is 32.5 Å². The van der Waals surface area contributed by atoms with Crippen LogP contribution in [0.25, 0.3) is 10.9 Å². The smallest absolute Gasteiger partial charge is 0.148 e. The van der Waals surface area contributed by atoms with Crippen LogP contribution in [0.1, 0.15) is 18.4 Å². The lowest BCUT2D eigenvalue weighted by Crippen LogP contribution is -2.43. The van der Waals surface area contributed by atoms with Crippen molar-refractivity contribution in [3.63, 3.8) is 0 Å². The number of hydrogen-bond acceptors (Lipinski definition) is 4. The molecule has 0 bridgehead atoms. The molecule has 2 N–H and O–H groups in total. The lowest BCUT2D eigenvalue weighted by molar-refractivity contribution is 0.206. The van der Waals surface area contributed by atoms with Crippen molar-refractivity contribution in [1.29, 1.82) is 0 Å². The molecule has 2 aromatic rings. The lowest BCUT2D eigenvalue weighted by Gasteiger charge is -2.32. The fourth-order valence-corrected chi connectivity index (χ4v) is 3.80. The first-order valence-electron chi connectivity index (χ1n) is 8.20. The normalized spacial score (nSPS) is 17.8. The first-order chi connectivity index (χ1) is 11.0. The molecule has 1 saturated heterocycles. The third-order valence-electron chi connectivity index (χ3n) is 4.63. The minimum Gasteiger partial charge on any atom is -0.361 e. The molecule has 0 aliphatic carbocycles. The number of nitrogens with zero attached hydrogens (tertiary/aromatic N) is 1. The molecule has 3 rings (SSSR count). The van der Waals surface area contributed by atoms with Crippen LogP contribution in [0, 0.1) is 0 Å². The Kier molecular flexibility index (Phi) is 5.04. The fourth-order valence-electron chi connectivity index (χ4n) is 3.21. The van der Waals surface area contributed by atoms with Crippen molar-refractivity contribution >= 4 is 20.7 Å². The zero-order chi connectivity index (χ0) is 16.3. The number of fused-ring (bicyclic) bond motifs is 1. The first kappa shape index (κ1) is 16.5. The highest BCUT2D eigenvalue weighted by Gasteiger charge is 2.19. The van der Waals surface area contributed by atoms with Gasteiger partial charge in [0.2, 0.25) is 0 Å². The number of aromatic amines is 1. The van der Waals surface area contributed by atoms with Crippen molar-refractivity contribution < 1.29 is 8.42 Å². The van der Waals surface area contributed by atoms with Gasteiger partial charge in [-0.25, -0.2) is 8.42 Å². The van der Waals surface area contributed by atoms with Gasteiger partial charge in [-0.3, -0.25) is 0 Å². The molecule has 1 fully saturated rings. The molecule has 6 heteroatoms. The van der Waals surface area contributed by atoms with Crippen molar-refractivity contribution in [2.75, 3.05) is 31.6 Å². The van der Waals surface area contributed by atoms with Gasteiger partial charge >= 0.3 is 0 Å². The summed E-state index contributed by atoms with van der Waals surface area (Å²) in [5.41, 5.74) is 2.50. The Hall–Kier alpha value is -1.37. The van der Waals surface area contributed by atoms with E-state index in [9.17, 15) is 8.42 Å². The molecule has 1 aromatic carbocycles. The largest absolute Gasteiger partial charge is 0.361 e. The molecular formula is C17H25N3O2S. The minimum atomic E-state index is -2.86. The van der Waals surface area contributed by atoms with Gasteiger partial charge in [-0.1, -0.05) is 12.1 Å². The van der Waals surface area contributed by atoms with Crippen LogP contribution in [-0.4, -0.2) is 56.0 Å². The van der Waals surface area contributed by atoms with E-state index in [1.807, 2.05) is 6.20 Å². The van der Waals surface area contributed by atoms with Crippen LogP contribution in [0.3, 0.4) is 0 Å². The monoisotopic (exact) mass is 335 g/mol. The maximum atomic E-state index is 11.2. The number of nitrogens with one attached hydrogen (secondary N) is 2. The Morgan fingerprint density at radius 1 is 1.26 bits per heavy atom. The summed E-state index contributed by atoms with van der Waals surface area (Å²) in [5.74, 6) is 0.264. The Balaban J connectivity index is 1.47. The van der Waals surface area contributed by atoms with Crippen molar-refractivity contribution in [2.45, 2.75) is 25.4 Å². The summed E-state index contributed by atoms with van der Waals surface area (Å²) in [5, 5.41) is 4.94. The zero-order valence-electron chi connectivity index (χ0n) is 13.6. The Morgan fingerprint density at radius 2 is 2.04 bits per heavy atom. The van der Waals surface area contributed by atoms with Crippen LogP contribution in [0.2, 0.25) is 0 Å². The number of piperidine rings is 1. The molecule has 1 aliphatic heterocycles. The van der Waals surface area contributed by atoms with Gasteiger partial charge in [0.05, 0.1) is 5.75 Å². The van der Waals surface area contributed by atoms with Gasteiger partial charge in [-0.2, -0.15) is 0 Å². The highest BCUT2D eigenvalue weighted by molar-refractivity contribution is 7.90. The van der Waals surface area contributed by atoms with Gasteiger partial charge in [0.25, 0.3) is 0 Å². The van der Waals surface area contributed by atoms with Crippen LogP contribution in [0.5, 0.6) is 0 Å². The fraction of sp³-hybridized carbons (Fsp3) is 0.529. The molecular weight excluding hydrogens is 310 g/mol. The van der Waals surface area contributed by atoms with Gasteiger partial charge in [0.1, 0.15) is 9.84 Å². The quantitative estimate of drug-likeness (QED) is 0.844. The van der Waals surface area contributed by atoms with E-state index in [1.54, 1.807) is 0 Å². The highest BCUT2D eigenvalue weighted by atomic mass is 32.2. The maximum Gasteiger partial charge on any atom is 0.148 e.